The van der Waals surface area contributed by atoms with Gasteiger partial charge in [-0.05, 0) is 72.3 Å². The first kappa shape index (κ1) is 29.1. The molecule has 2 aromatic carbocycles. The fourth-order valence-electron chi connectivity index (χ4n) is 4.69. The number of hydrogen-bond acceptors (Lipinski definition) is 8. The Balaban J connectivity index is 0.000000187. The minimum atomic E-state index is -0.303. The second kappa shape index (κ2) is 12.8. The zero-order chi connectivity index (χ0) is 31.5. The monoisotopic (exact) mass is 653 g/mol. The normalized spacial score (nSPS) is 11.0. The van der Waals surface area contributed by atoms with Gasteiger partial charge in [0.2, 0.25) is 0 Å². The molecule has 10 nitrogen and oxygen atoms in total. The van der Waals surface area contributed by atoms with Crippen LogP contribution in [-0.2, 0) is 6.61 Å². The third-order valence-corrected chi connectivity index (χ3v) is 7.42. The van der Waals surface area contributed by atoms with Crippen molar-refractivity contribution < 1.29 is 18.0 Å². The topological polar surface area (TPSA) is 131 Å². The molecule has 6 aromatic heterocycles. The van der Waals surface area contributed by atoms with Crippen LogP contribution in [0.15, 0.2) is 113 Å². The van der Waals surface area contributed by atoms with E-state index in [4.69, 9.17) is 36.8 Å². The summed E-state index contributed by atoms with van der Waals surface area (Å²) in [5.41, 5.74) is 6.12. The van der Waals surface area contributed by atoms with Gasteiger partial charge in [-0.25, -0.2) is 24.3 Å². The third-order valence-electron chi connectivity index (χ3n) is 6.84. The summed E-state index contributed by atoms with van der Waals surface area (Å²) < 4.78 is 29.8. The Kier molecular flexibility index (Phi) is 8.07. The molecule has 0 spiro atoms. The molecule has 0 atom stereocenters. The van der Waals surface area contributed by atoms with E-state index >= 15 is 0 Å². The number of aromatic nitrogens is 6. The van der Waals surface area contributed by atoms with Crippen molar-refractivity contribution >= 4 is 56.8 Å². The van der Waals surface area contributed by atoms with E-state index in [0.29, 0.717) is 27.5 Å². The first-order valence-electron chi connectivity index (χ1n) is 13.8. The molecule has 0 saturated carbocycles. The molecular formula is C33H22Cl2FN7O3. The largest absolute Gasteiger partial charge is 0.487 e. The molecule has 0 radical (unpaired) electrons. The molecule has 3 N–H and O–H groups in total. The van der Waals surface area contributed by atoms with Crippen molar-refractivity contribution in [1.82, 2.24) is 29.9 Å². The predicted octanol–water partition coefficient (Wildman–Crippen LogP) is 9.20. The molecule has 6 heterocycles. The van der Waals surface area contributed by atoms with Gasteiger partial charge in [0.15, 0.2) is 11.0 Å². The molecule has 0 bridgehead atoms. The van der Waals surface area contributed by atoms with Crippen LogP contribution in [0.25, 0.3) is 45.0 Å². The molecule has 46 heavy (non-hydrogen) atoms. The molecule has 228 valence electrons. The van der Waals surface area contributed by atoms with Crippen LogP contribution in [0.1, 0.15) is 5.56 Å². The van der Waals surface area contributed by atoms with Crippen molar-refractivity contribution in [3.63, 3.8) is 0 Å². The number of halogens is 3. The smallest absolute Gasteiger partial charge is 0.158 e. The van der Waals surface area contributed by atoms with Crippen LogP contribution in [0.3, 0.4) is 0 Å². The molecule has 13 heteroatoms. The van der Waals surface area contributed by atoms with Gasteiger partial charge in [0, 0.05) is 5.69 Å². The lowest BCUT2D eigenvalue weighted by molar-refractivity contribution is 0.306. The second-order valence-corrected chi connectivity index (χ2v) is 10.7. The Morgan fingerprint density at radius 2 is 1.43 bits per heavy atom. The zero-order valence-electron chi connectivity index (χ0n) is 23.7. The van der Waals surface area contributed by atoms with Crippen LogP contribution in [0.2, 0.25) is 10.2 Å². The number of nitrogens with one attached hydrogen (secondary N) is 3. The summed E-state index contributed by atoms with van der Waals surface area (Å²) in [5.74, 6) is 2.27. The van der Waals surface area contributed by atoms with Crippen LogP contribution < -0.4 is 10.1 Å². The van der Waals surface area contributed by atoms with E-state index in [1.54, 1.807) is 36.8 Å². The number of anilines is 2. The van der Waals surface area contributed by atoms with Gasteiger partial charge in [0.05, 0.1) is 40.0 Å². The summed E-state index contributed by atoms with van der Waals surface area (Å²) in [7, 11) is 0. The summed E-state index contributed by atoms with van der Waals surface area (Å²) in [5, 5.41) is 4.09. The van der Waals surface area contributed by atoms with Gasteiger partial charge in [-0.1, -0.05) is 35.3 Å². The van der Waals surface area contributed by atoms with Gasteiger partial charge >= 0.3 is 0 Å². The van der Waals surface area contributed by atoms with Crippen LogP contribution in [0.5, 0.6) is 5.75 Å². The Morgan fingerprint density at radius 1 is 0.739 bits per heavy atom. The SMILES string of the molecule is Clc1ncnc2cc(-c3ccco3)[nH]c12.Fc1cccc(COc2ccc(Nc3ncnc4cc(-c5ccco5)[nH]c34)cc2Cl)c1. The Hall–Kier alpha value is -5.65. The highest BCUT2D eigenvalue weighted by Gasteiger charge is 2.13. The first-order valence-corrected chi connectivity index (χ1v) is 14.6. The molecule has 8 rings (SSSR count). The molecule has 0 saturated heterocycles. The lowest BCUT2D eigenvalue weighted by atomic mass is 10.2. The van der Waals surface area contributed by atoms with Gasteiger partial charge < -0.3 is 28.9 Å². The Labute approximate surface area is 270 Å². The number of fused-ring (bicyclic) bond motifs is 2. The van der Waals surface area contributed by atoms with Crippen molar-refractivity contribution in [3.8, 4) is 28.7 Å². The summed E-state index contributed by atoms with van der Waals surface area (Å²) >= 11 is 12.3. The predicted molar refractivity (Wildman–Crippen MR) is 174 cm³/mol. The van der Waals surface area contributed by atoms with Gasteiger partial charge in [-0.3, -0.25) is 0 Å². The third kappa shape index (κ3) is 6.27. The minimum absolute atomic E-state index is 0.217. The van der Waals surface area contributed by atoms with Crippen molar-refractivity contribution in [2.24, 2.45) is 0 Å². The maximum atomic E-state index is 13.3. The van der Waals surface area contributed by atoms with Gasteiger partial charge in [-0.2, -0.15) is 0 Å². The molecule has 0 aliphatic rings. The van der Waals surface area contributed by atoms with E-state index in [0.717, 1.165) is 50.5 Å². The molecule has 0 amide bonds. The van der Waals surface area contributed by atoms with E-state index in [2.05, 4.69) is 35.2 Å². The van der Waals surface area contributed by atoms with Gasteiger partial charge in [-0.15, -0.1) is 0 Å². The molecule has 0 aliphatic carbocycles. The molecule has 0 unspecified atom stereocenters. The summed E-state index contributed by atoms with van der Waals surface area (Å²) in [6, 6.07) is 22.7. The highest BCUT2D eigenvalue weighted by atomic mass is 35.5. The van der Waals surface area contributed by atoms with E-state index in [9.17, 15) is 4.39 Å². The highest BCUT2D eigenvalue weighted by Crippen LogP contribution is 2.32. The molecular weight excluding hydrogens is 632 g/mol. The summed E-state index contributed by atoms with van der Waals surface area (Å²) in [4.78, 5) is 23.0. The number of rotatable bonds is 7. The quantitative estimate of drug-likeness (QED) is 0.145. The number of hydrogen-bond donors (Lipinski definition) is 3. The van der Waals surface area contributed by atoms with Crippen LogP contribution in [0.4, 0.5) is 15.9 Å². The highest BCUT2D eigenvalue weighted by molar-refractivity contribution is 6.33. The summed E-state index contributed by atoms with van der Waals surface area (Å²) in [6.45, 7) is 0.217. The van der Waals surface area contributed by atoms with E-state index in [1.165, 1.54) is 24.8 Å². The maximum absolute atomic E-state index is 13.3. The van der Waals surface area contributed by atoms with Gasteiger partial charge in [0.25, 0.3) is 0 Å². The van der Waals surface area contributed by atoms with Crippen LogP contribution in [-0.4, -0.2) is 29.9 Å². The zero-order valence-corrected chi connectivity index (χ0v) is 25.2. The molecule has 0 fully saturated rings. The van der Waals surface area contributed by atoms with Crippen LogP contribution in [0, 0.1) is 5.82 Å². The van der Waals surface area contributed by atoms with Crippen molar-refractivity contribution in [3.05, 3.63) is 126 Å². The van der Waals surface area contributed by atoms with Crippen LogP contribution >= 0.6 is 23.2 Å². The maximum Gasteiger partial charge on any atom is 0.158 e. The lowest BCUT2D eigenvalue weighted by Crippen LogP contribution is -1.98. The average Bonchev–Trinajstić information content (AvgIpc) is 3.88. The van der Waals surface area contributed by atoms with E-state index in [-0.39, 0.29) is 12.4 Å². The Morgan fingerprint density at radius 3 is 2.09 bits per heavy atom. The van der Waals surface area contributed by atoms with Crippen molar-refractivity contribution in [2.75, 3.05) is 5.32 Å². The average molecular weight is 654 g/mol. The number of H-pyrrole nitrogens is 2. The van der Waals surface area contributed by atoms with E-state index in [1.807, 2.05) is 42.5 Å². The van der Waals surface area contributed by atoms with Gasteiger partial charge in [0.1, 0.15) is 53.4 Å². The minimum Gasteiger partial charge on any atom is -0.487 e. The fourth-order valence-corrected chi connectivity index (χ4v) is 5.12. The second-order valence-electron chi connectivity index (χ2n) is 9.92. The first-order chi connectivity index (χ1) is 22.5. The molecule has 8 aromatic rings. The number of benzene rings is 2. The summed E-state index contributed by atoms with van der Waals surface area (Å²) in [6.07, 6.45) is 6.16. The Bertz CT molecular complexity index is 2250. The lowest BCUT2D eigenvalue weighted by Gasteiger charge is -2.11. The fraction of sp³-hybridized carbons (Fsp3) is 0.0303. The number of ether oxygens (including phenoxy) is 1. The number of furan rings is 2. The number of aromatic amines is 2. The standard InChI is InChI=1S/C23H16ClFN4O2.C10H6ClN3O/c24-17-10-16(6-7-20(17)31-12-14-3-1-4-15(25)9-14)28-23-22-19(26-13-27-23)11-18(29-22)21-5-2-8-30-21;11-10-9-7(12-5-13-10)4-6(14-9)8-2-1-3-15-8/h1-11,13,29H,12H2,(H,26,27,28);1-5,14H. The van der Waals surface area contributed by atoms with Crippen molar-refractivity contribution in [1.29, 1.82) is 0 Å². The van der Waals surface area contributed by atoms with E-state index < -0.39 is 0 Å². The molecule has 0 aliphatic heterocycles. The number of nitrogens with zero attached hydrogens (tertiary/aromatic N) is 4. The van der Waals surface area contributed by atoms with Crippen molar-refractivity contribution in [2.45, 2.75) is 6.61 Å².